The molecule has 1 atom stereocenters. The smallest absolute Gasteiger partial charge is 0.240 e. The lowest BCUT2D eigenvalue weighted by molar-refractivity contribution is 0.588. The van der Waals surface area contributed by atoms with Crippen LogP contribution in [0.4, 0.5) is 5.69 Å². The van der Waals surface area contributed by atoms with Crippen LogP contribution in [0.25, 0.3) is 0 Å². The van der Waals surface area contributed by atoms with Crippen molar-refractivity contribution >= 4 is 15.7 Å². The molecule has 5 heteroatoms. The highest BCUT2D eigenvalue weighted by Gasteiger charge is 2.27. The molecule has 0 bridgehead atoms. The highest BCUT2D eigenvalue weighted by Crippen LogP contribution is 2.33. The second kappa shape index (κ2) is 4.66. The third kappa shape index (κ3) is 2.98. The monoisotopic (exact) mass is 254 g/mol. The van der Waals surface area contributed by atoms with Crippen LogP contribution in [0.2, 0.25) is 0 Å². The maximum absolute atomic E-state index is 11.5. The van der Waals surface area contributed by atoms with E-state index in [9.17, 15) is 8.42 Å². The first kappa shape index (κ1) is 12.4. The van der Waals surface area contributed by atoms with Gasteiger partial charge in [-0.1, -0.05) is 0 Å². The number of hydrogen-bond acceptors (Lipinski definition) is 3. The van der Waals surface area contributed by atoms with Gasteiger partial charge < -0.3 is 5.32 Å². The van der Waals surface area contributed by atoms with Gasteiger partial charge in [0, 0.05) is 11.7 Å². The Morgan fingerprint density at radius 3 is 2.29 bits per heavy atom. The van der Waals surface area contributed by atoms with Crippen LogP contribution in [-0.2, 0) is 10.0 Å². The minimum atomic E-state index is -3.33. The fourth-order valence-corrected chi connectivity index (χ4v) is 2.56. The average molecular weight is 254 g/mol. The Hall–Kier alpha value is -1.07. The Bertz CT molecular complexity index is 478. The molecular weight excluding hydrogens is 236 g/mol. The van der Waals surface area contributed by atoms with Gasteiger partial charge in [-0.15, -0.1) is 0 Å². The van der Waals surface area contributed by atoms with Crippen LogP contribution < -0.4 is 10.0 Å². The molecule has 2 N–H and O–H groups in total. The molecule has 94 valence electrons. The lowest BCUT2D eigenvalue weighted by Gasteiger charge is -2.14. The topological polar surface area (TPSA) is 58.2 Å². The van der Waals surface area contributed by atoms with E-state index in [1.54, 1.807) is 12.1 Å². The summed E-state index contributed by atoms with van der Waals surface area (Å²) < 4.78 is 25.3. The highest BCUT2D eigenvalue weighted by atomic mass is 32.2. The summed E-state index contributed by atoms with van der Waals surface area (Å²) >= 11 is 0. The van der Waals surface area contributed by atoms with E-state index in [0.717, 1.165) is 11.6 Å². The quantitative estimate of drug-likeness (QED) is 0.842. The normalized spacial score (nSPS) is 17.8. The summed E-state index contributed by atoms with van der Waals surface area (Å²) in [7, 11) is -1.91. The molecule has 1 aromatic carbocycles. The van der Waals surface area contributed by atoms with Crippen molar-refractivity contribution in [2.24, 2.45) is 5.92 Å². The van der Waals surface area contributed by atoms with Crippen LogP contribution in [0.5, 0.6) is 0 Å². The van der Waals surface area contributed by atoms with E-state index in [4.69, 9.17) is 0 Å². The number of anilines is 1. The molecule has 4 nitrogen and oxygen atoms in total. The summed E-state index contributed by atoms with van der Waals surface area (Å²) in [5, 5.41) is 3.39. The molecule has 0 aliphatic heterocycles. The summed E-state index contributed by atoms with van der Waals surface area (Å²) in [5.41, 5.74) is 0.972. The van der Waals surface area contributed by atoms with E-state index in [1.165, 1.54) is 19.9 Å². The molecule has 1 saturated carbocycles. The van der Waals surface area contributed by atoms with Gasteiger partial charge in [0.1, 0.15) is 0 Å². The SMILES string of the molecule is CNS(=O)(=O)c1ccc(NC(C)C2CC2)cc1. The van der Waals surface area contributed by atoms with Crippen LogP contribution in [0.3, 0.4) is 0 Å². The maximum atomic E-state index is 11.5. The molecule has 1 unspecified atom stereocenters. The molecule has 17 heavy (non-hydrogen) atoms. The summed E-state index contributed by atoms with van der Waals surface area (Å²) in [5.74, 6) is 0.774. The predicted octanol–water partition coefficient (Wildman–Crippen LogP) is 1.81. The largest absolute Gasteiger partial charge is 0.382 e. The fraction of sp³-hybridized carbons (Fsp3) is 0.500. The lowest BCUT2D eigenvalue weighted by Crippen LogP contribution is -2.19. The van der Waals surface area contributed by atoms with Gasteiger partial charge in [0.15, 0.2) is 0 Å². The zero-order valence-electron chi connectivity index (χ0n) is 10.1. The zero-order chi connectivity index (χ0) is 12.5. The van der Waals surface area contributed by atoms with Gasteiger partial charge in [-0.2, -0.15) is 0 Å². The second-order valence-electron chi connectivity index (χ2n) is 4.50. The fourth-order valence-electron chi connectivity index (χ4n) is 1.83. The van der Waals surface area contributed by atoms with Gasteiger partial charge in [-0.05, 0) is 57.0 Å². The Kier molecular flexibility index (Phi) is 3.40. The third-order valence-corrected chi connectivity index (χ3v) is 4.59. The first-order valence-electron chi connectivity index (χ1n) is 5.83. The zero-order valence-corrected chi connectivity index (χ0v) is 10.9. The Balaban J connectivity index is 2.07. The van der Waals surface area contributed by atoms with Gasteiger partial charge in [-0.25, -0.2) is 13.1 Å². The summed E-state index contributed by atoms with van der Waals surface area (Å²) in [6, 6.07) is 7.31. The molecule has 0 amide bonds. The van der Waals surface area contributed by atoms with Crippen LogP contribution in [0.1, 0.15) is 19.8 Å². The average Bonchev–Trinajstić information content (AvgIpc) is 3.13. The van der Waals surface area contributed by atoms with E-state index < -0.39 is 10.0 Å². The summed E-state index contributed by atoms with van der Waals surface area (Å²) in [6.45, 7) is 2.16. The lowest BCUT2D eigenvalue weighted by atomic mass is 10.2. The third-order valence-electron chi connectivity index (χ3n) is 3.16. The number of sulfonamides is 1. The predicted molar refractivity (Wildman–Crippen MR) is 68.5 cm³/mol. The van der Waals surface area contributed by atoms with Gasteiger partial charge in [0.05, 0.1) is 4.90 Å². The number of rotatable bonds is 5. The molecule has 0 aromatic heterocycles. The number of hydrogen-bond donors (Lipinski definition) is 2. The molecule has 2 rings (SSSR count). The van der Waals surface area contributed by atoms with Crippen molar-refractivity contribution in [3.63, 3.8) is 0 Å². The van der Waals surface area contributed by atoms with E-state index in [2.05, 4.69) is 17.0 Å². The molecule has 0 spiro atoms. The maximum Gasteiger partial charge on any atom is 0.240 e. The van der Waals surface area contributed by atoms with Crippen LogP contribution in [-0.4, -0.2) is 21.5 Å². The van der Waals surface area contributed by atoms with E-state index in [1.807, 2.05) is 12.1 Å². The van der Waals surface area contributed by atoms with Crippen molar-refractivity contribution in [2.75, 3.05) is 12.4 Å². The second-order valence-corrected chi connectivity index (χ2v) is 6.39. The van der Waals surface area contributed by atoms with Crippen LogP contribution >= 0.6 is 0 Å². The summed E-state index contributed by atoms with van der Waals surface area (Å²) in [4.78, 5) is 0.296. The first-order chi connectivity index (χ1) is 8.03. The van der Waals surface area contributed by atoms with Gasteiger partial charge in [0.25, 0.3) is 0 Å². The van der Waals surface area contributed by atoms with Crippen molar-refractivity contribution in [1.82, 2.24) is 4.72 Å². The van der Waals surface area contributed by atoms with Gasteiger partial charge in [0.2, 0.25) is 10.0 Å². The van der Waals surface area contributed by atoms with E-state index in [-0.39, 0.29) is 0 Å². The Morgan fingerprint density at radius 1 is 1.24 bits per heavy atom. The molecule has 1 fully saturated rings. The minimum Gasteiger partial charge on any atom is -0.382 e. The molecular formula is C12H18N2O2S. The number of benzene rings is 1. The number of nitrogens with one attached hydrogen (secondary N) is 2. The molecule has 1 aromatic rings. The van der Waals surface area contributed by atoms with Crippen molar-refractivity contribution < 1.29 is 8.42 Å². The van der Waals surface area contributed by atoms with Crippen LogP contribution in [0.15, 0.2) is 29.2 Å². The summed E-state index contributed by atoms with van der Waals surface area (Å²) in [6.07, 6.45) is 2.58. The molecule has 0 heterocycles. The van der Waals surface area contributed by atoms with Crippen LogP contribution in [0, 0.1) is 5.92 Å². The highest BCUT2D eigenvalue weighted by molar-refractivity contribution is 7.89. The molecule has 0 radical (unpaired) electrons. The van der Waals surface area contributed by atoms with E-state index in [0.29, 0.717) is 10.9 Å². The van der Waals surface area contributed by atoms with E-state index >= 15 is 0 Å². The minimum absolute atomic E-state index is 0.296. The van der Waals surface area contributed by atoms with Gasteiger partial charge >= 0.3 is 0 Å². The Morgan fingerprint density at radius 2 is 1.82 bits per heavy atom. The van der Waals surface area contributed by atoms with Gasteiger partial charge in [-0.3, -0.25) is 0 Å². The standard InChI is InChI=1S/C12H18N2O2S/c1-9(10-3-4-10)14-11-5-7-12(8-6-11)17(15,16)13-2/h5-10,13-14H,3-4H2,1-2H3. The molecule has 0 saturated heterocycles. The molecule has 1 aliphatic rings. The molecule has 1 aliphatic carbocycles. The van der Waals surface area contributed by atoms with Crippen molar-refractivity contribution in [3.05, 3.63) is 24.3 Å². The Labute approximate surface area is 102 Å². The van der Waals surface area contributed by atoms with Crippen molar-refractivity contribution in [1.29, 1.82) is 0 Å². The van der Waals surface area contributed by atoms with Crippen molar-refractivity contribution in [3.8, 4) is 0 Å². The van der Waals surface area contributed by atoms with Crippen molar-refractivity contribution in [2.45, 2.75) is 30.7 Å². The first-order valence-corrected chi connectivity index (χ1v) is 7.31.